The standard InChI is InChI=1S/C32H30O3.C3H8/c1-5-10-25-18-28-21-31(26(11-6-2)19-27(28)20-30(25)34-22(3)4)35-29-16-14-24(15-17-29)32(33)23-12-8-7-9-13-23;1-3-2/h5-9,12-22H,1-2,10-11H2,3-4H3;3H2,1-2H3. The zero-order valence-corrected chi connectivity index (χ0v) is 23.0. The average Bonchev–Trinajstić information content (AvgIpc) is 2.91. The smallest absolute Gasteiger partial charge is 0.193 e. The van der Waals surface area contributed by atoms with E-state index < -0.39 is 0 Å². The predicted octanol–water partition coefficient (Wildman–Crippen LogP) is 9.52. The van der Waals surface area contributed by atoms with Gasteiger partial charge in [-0.15, -0.1) is 13.2 Å². The van der Waals surface area contributed by atoms with Gasteiger partial charge in [0.15, 0.2) is 5.78 Å². The third kappa shape index (κ3) is 7.45. The quantitative estimate of drug-likeness (QED) is 0.159. The molecule has 0 bridgehead atoms. The van der Waals surface area contributed by atoms with E-state index in [1.807, 2.05) is 68.5 Å². The van der Waals surface area contributed by atoms with Gasteiger partial charge in [0.25, 0.3) is 0 Å². The Bertz CT molecular complexity index is 1370. The lowest BCUT2D eigenvalue weighted by molar-refractivity contribution is 0.103. The van der Waals surface area contributed by atoms with E-state index in [0.717, 1.165) is 39.8 Å². The summed E-state index contributed by atoms with van der Waals surface area (Å²) in [5.41, 5.74) is 3.41. The molecule has 4 aromatic carbocycles. The number of ketones is 1. The Hall–Kier alpha value is -4.11. The minimum Gasteiger partial charge on any atom is -0.491 e. The molecule has 0 spiro atoms. The van der Waals surface area contributed by atoms with Crippen LogP contribution in [0, 0.1) is 0 Å². The van der Waals surface area contributed by atoms with Gasteiger partial charge in [0.1, 0.15) is 17.2 Å². The molecule has 0 saturated heterocycles. The molecule has 0 heterocycles. The summed E-state index contributed by atoms with van der Waals surface area (Å²) in [7, 11) is 0. The zero-order valence-electron chi connectivity index (χ0n) is 23.0. The minimum absolute atomic E-state index is 0.00984. The molecule has 38 heavy (non-hydrogen) atoms. The normalized spacial score (nSPS) is 10.4. The zero-order chi connectivity index (χ0) is 27.5. The van der Waals surface area contributed by atoms with E-state index in [1.165, 1.54) is 6.42 Å². The summed E-state index contributed by atoms with van der Waals surface area (Å²) in [6.45, 7) is 16.1. The van der Waals surface area contributed by atoms with Gasteiger partial charge in [-0.3, -0.25) is 4.79 Å². The molecule has 0 saturated carbocycles. The van der Waals surface area contributed by atoms with Crippen LogP contribution in [0.2, 0.25) is 0 Å². The highest BCUT2D eigenvalue weighted by molar-refractivity contribution is 6.09. The Morgan fingerprint density at radius 2 is 1.26 bits per heavy atom. The number of carbonyl (C=O) groups excluding carboxylic acids is 1. The topological polar surface area (TPSA) is 35.5 Å². The Morgan fingerprint density at radius 3 is 1.79 bits per heavy atom. The Morgan fingerprint density at radius 1 is 0.763 bits per heavy atom. The van der Waals surface area contributed by atoms with Gasteiger partial charge in [0.2, 0.25) is 0 Å². The third-order valence-electron chi connectivity index (χ3n) is 5.67. The van der Waals surface area contributed by atoms with Crippen molar-refractivity contribution in [2.24, 2.45) is 0 Å². The second-order valence-corrected chi connectivity index (χ2v) is 9.45. The van der Waals surface area contributed by atoms with Gasteiger partial charge in [-0.05, 0) is 97.1 Å². The predicted molar refractivity (Wildman–Crippen MR) is 160 cm³/mol. The number of ether oxygens (including phenoxy) is 2. The van der Waals surface area contributed by atoms with Crippen molar-refractivity contribution >= 4 is 16.6 Å². The summed E-state index contributed by atoms with van der Waals surface area (Å²) >= 11 is 0. The Labute approximate surface area is 227 Å². The fraction of sp³-hybridized carbons (Fsp3) is 0.229. The van der Waals surface area contributed by atoms with Crippen LogP contribution in [-0.4, -0.2) is 11.9 Å². The van der Waals surface area contributed by atoms with Crippen molar-refractivity contribution in [2.75, 3.05) is 0 Å². The summed E-state index contributed by atoms with van der Waals surface area (Å²) in [5, 5.41) is 2.15. The van der Waals surface area contributed by atoms with Gasteiger partial charge < -0.3 is 9.47 Å². The third-order valence-corrected chi connectivity index (χ3v) is 5.67. The molecule has 3 nitrogen and oxygen atoms in total. The van der Waals surface area contributed by atoms with Crippen LogP contribution in [0.25, 0.3) is 10.8 Å². The Kier molecular flexibility index (Phi) is 10.5. The maximum Gasteiger partial charge on any atom is 0.193 e. The summed E-state index contributed by atoms with van der Waals surface area (Å²) in [6.07, 6.45) is 6.48. The first-order chi connectivity index (χ1) is 18.4. The van der Waals surface area contributed by atoms with Crippen molar-refractivity contribution in [2.45, 2.75) is 53.1 Å². The number of hydrogen-bond acceptors (Lipinski definition) is 3. The van der Waals surface area contributed by atoms with Gasteiger partial charge >= 0.3 is 0 Å². The van der Waals surface area contributed by atoms with E-state index in [1.54, 1.807) is 12.1 Å². The number of benzene rings is 4. The molecule has 0 aliphatic rings. The first-order valence-electron chi connectivity index (χ1n) is 13.3. The van der Waals surface area contributed by atoms with Crippen LogP contribution in [-0.2, 0) is 12.8 Å². The van der Waals surface area contributed by atoms with Gasteiger partial charge in [-0.2, -0.15) is 0 Å². The van der Waals surface area contributed by atoms with E-state index in [0.29, 0.717) is 23.3 Å². The summed E-state index contributed by atoms with van der Waals surface area (Å²) in [6, 6.07) is 25.0. The van der Waals surface area contributed by atoms with Crippen LogP contribution in [0.5, 0.6) is 17.2 Å². The van der Waals surface area contributed by atoms with E-state index >= 15 is 0 Å². The van der Waals surface area contributed by atoms with Crippen LogP contribution in [0.3, 0.4) is 0 Å². The molecule has 0 N–H and O–H groups in total. The molecule has 0 amide bonds. The molecule has 0 fully saturated rings. The van der Waals surface area contributed by atoms with Crippen LogP contribution >= 0.6 is 0 Å². The van der Waals surface area contributed by atoms with Gasteiger partial charge in [-0.1, -0.05) is 62.8 Å². The van der Waals surface area contributed by atoms with Crippen molar-refractivity contribution in [3.8, 4) is 17.2 Å². The highest BCUT2D eigenvalue weighted by atomic mass is 16.5. The molecule has 0 atom stereocenters. The second kappa shape index (κ2) is 14.0. The van der Waals surface area contributed by atoms with E-state index in [9.17, 15) is 4.79 Å². The average molecular weight is 507 g/mol. The molecule has 0 radical (unpaired) electrons. The molecule has 0 unspecified atom stereocenters. The van der Waals surface area contributed by atoms with Crippen LogP contribution in [0.1, 0.15) is 61.2 Å². The summed E-state index contributed by atoms with van der Waals surface area (Å²) in [5.74, 6) is 2.31. The largest absolute Gasteiger partial charge is 0.491 e. The van der Waals surface area contributed by atoms with Crippen molar-refractivity contribution < 1.29 is 14.3 Å². The monoisotopic (exact) mass is 506 g/mol. The molecule has 4 aromatic rings. The summed E-state index contributed by atoms with van der Waals surface area (Å²) < 4.78 is 12.4. The van der Waals surface area contributed by atoms with E-state index in [-0.39, 0.29) is 11.9 Å². The number of hydrogen-bond donors (Lipinski definition) is 0. The van der Waals surface area contributed by atoms with E-state index in [2.05, 4.69) is 51.3 Å². The number of allylic oxidation sites excluding steroid dienone is 2. The van der Waals surface area contributed by atoms with E-state index in [4.69, 9.17) is 9.47 Å². The maximum atomic E-state index is 12.7. The summed E-state index contributed by atoms with van der Waals surface area (Å²) in [4.78, 5) is 12.7. The minimum atomic E-state index is -0.00984. The van der Waals surface area contributed by atoms with Crippen LogP contribution in [0.4, 0.5) is 0 Å². The lowest BCUT2D eigenvalue weighted by atomic mass is 9.99. The first kappa shape index (κ1) is 28.5. The second-order valence-electron chi connectivity index (χ2n) is 9.45. The van der Waals surface area contributed by atoms with Gasteiger partial charge in [-0.25, -0.2) is 0 Å². The van der Waals surface area contributed by atoms with Crippen LogP contribution < -0.4 is 9.47 Å². The SMILES string of the molecule is C=CCc1cc2cc(OC(C)C)c(CC=C)cc2cc1Oc1ccc(C(=O)c2ccccc2)cc1.CCC. The fourth-order valence-electron chi connectivity index (χ4n) is 4.05. The first-order valence-corrected chi connectivity index (χ1v) is 13.3. The van der Waals surface area contributed by atoms with Crippen molar-refractivity contribution in [3.63, 3.8) is 0 Å². The van der Waals surface area contributed by atoms with Crippen molar-refractivity contribution in [3.05, 3.63) is 126 Å². The fourth-order valence-corrected chi connectivity index (χ4v) is 4.05. The lowest BCUT2D eigenvalue weighted by Crippen LogP contribution is -2.07. The highest BCUT2D eigenvalue weighted by Crippen LogP contribution is 2.35. The van der Waals surface area contributed by atoms with Crippen LogP contribution in [0.15, 0.2) is 104 Å². The molecule has 3 heteroatoms. The molecule has 0 aliphatic heterocycles. The molecule has 196 valence electrons. The molecule has 0 aromatic heterocycles. The number of carbonyl (C=O) groups is 1. The molecule has 4 rings (SSSR count). The van der Waals surface area contributed by atoms with Gasteiger partial charge in [0.05, 0.1) is 6.10 Å². The molecular weight excluding hydrogens is 468 g/mol. The Balaban J connectivity index is 0.00000127. The van der Waals surface area contributed by atoms with Gasteiger partial charge in [0, 0.05) is 11.1 Å². The highest BCUT2D eigenvalue weighted by Gasteiger charge is 2.13. The van der Waals surface area contributed by atoms with Crippen molar-refractivity contribution in [1.29, 1.82) is 0 Å². The lowest BCUT2D eigenvalue weighted by Gasteiger charge is -2.17. The van der Waals surface area contributed by atoms with Crippen molar-refractivity contribution in [1.82, 2.24) is 0 Å². The molecular formula is C35H38O3. The maximum absolute atomic E-state index is 12.7. The number of fused-ring (bicyclic) bond motifs is 1. The number of rotatable bonds is 10. The molecule has 0 aliphatic carbocycles.